The van der Waals surface area contributed by atoms with E-state index in [9.17, 15) is 5.11 Å². The largest absolute Gasteiger partial charge is 0.388 e. The molecule has 0 unspecified atom stereocenters. The Balaban J connectivity index is 1.24. The van der Waals surface area contributed by atoms with Gasteiger partial charge in [0.05, 0.1) is 6.10 Å². The lowest BCUT2D eigenvalue weighted by molar-refractivity contribution is -0.0662. The van der Waals surface area contributed by atoms with Gasteiger partial charge in [-0.25, -0.2) is 0 Å². The van der Waals surface area contributed by atoms with Crippen molar-refractivity contribution >= 4 is 11.8 Å². The molecule has 1 aliphatic heterocycles. The van der Waals surface area contributed by atoms with E-state index in [1.54, 1.807) is 5.57 Å². The first-order valence-electron chi connectivity index (χ1n) is 14.4. The molecule has 5 aliphatic rings. The quantitative estimate of drug-likeness (QED) is 0.504. The SMILES string of the molecule is CN(C)c1ccc(/C=C2\C[C@H]3[C@@H]4CC=C5C[C@@H](N6CCCC6)CC[C@]5(C)[C@H]4CC[C@]3(C)[C@H]2O)cc1. The fraction of sp³-hybridized carbons (Fsp3) is 0.688. The monoisotopic (exact) mass is 474 g/mol. The first-order valence-corrected chi connectivity index (χ1v) is 14.4. The van der Waals surface area contributed by atoms with Crippen molar-refractivity contribution in [1.82, 2.24) is 4.90 Å². The highest BCUT2D eigenvalue weighted by Crippen LogP contribution is 2.66. The van der Waals surface area contributed by atoms with Gasteiger partial charge in [0.2, 0.25) is 0 Å². The van der Waals surface area contributed by atoms with Gasteiger partial charge in [-0.1, -0.05) is 43.7 Å². The Labute approximate surface area is 213 Å². The summed E-state index contributed by atoms with van der Waals surface area (Å²) in [6, 6.07) is 9.58. The molecule has 0 spiro atoms. The normalized spacial score (nSPS) is 42.4. The summed E-state index contributed by atoms with van der Waals surface area (Å²) >= 11 is 0. The summed E-state index contributed by atoms with van der Waals surface area (Å²) in [4.78, 5) is 4.93. The van der Waals surface area contributed by atoms with Crippen molar-refractivity contribution in [2.24, 2.45) is 28.6 Å². The van der Waals surface area contributed by atoms with Crippen LogP contribution in [0.3, 0.4) is 0 Å². The summed E-state index contributed by atoms with van der Waals surface area (Å²) in [7, 11) is 4.17. The standard InChI is InChI=1S/C32H46N2O/c1-31-15-13-26(34-17-5-6-18-34)21-24(31)9-12-27-28(31)14-16-32(2)29(27)20-23(30(32)35)19-22-7-10-25(11-8-22)33(3)4/h7-11,19,26-30,35H,5-6,12-18,20-21H2,1-4H3/b23-19+/t26-,27+,28-,29-,30-,31-,32-/m0/s1. The Morgan fingerprint density at radius 1 is 0.971 bits per heavy atom. The van der Waals surface area contributed by atoms with Crippen LogP contribution in [0.5, 0.6) is 0 Å². The van der Waals surface area contributed by atoms with Crippen LogP contribution in [0.1, 0.15) is 77.2 Å². The van der Waals surface area contributed by atoms with E-state index in [1.807, 2.05) is 0 Å². The molecule has 0 bridgehead atoms. The van der Waals surface area contributed by atoms with Crippen molar-refractivity contribution in [2.45, 2.75) is 83.8 Å². The van der Waals surface area contributed by atoms with E-state index in [-0.39, 0.29) is 11.5 Å². The minimum absolute atomic E-state index is 0.0328. The predicted molar refractivity (Wildman–Crippen MR) is 146 cm³/mol. The number of aliphatic hydroxyl groups excluding tert-OH is 1. The summed E-state index contributed by atoms with van der Waals surface area (Å²) < 4.78 is 0. The number of nitrogens with zero attached hydrogens (tertiary/aromatic N) is 2. The number of hydrogen-bond acceptors (Lipinski definition) is 3. The molecule has 1 aromatic carbocycles. The van der Waals surface area contributed by atoms with Gasteiger partial charge in [0.1, 0.15) is 0 Å². The van der Waals surface area contributed by atoms with Crippen LogP contribution < -0.4 is 4.90 Å². The van der Waals surface area contributed by atoms with Crippen LogP contribution in [0.4, 0.5) is 5.69 Å². The lowest BCUT2D eigenvalue weighted by Gasteiger charge is -2.58. The number of aliphatic hydroxyl groups is 1. The van der Waals surface area contributed by atoms with Gasteiger partial charge in [0.25, 0.3) is 0 Å². The summed E-state index contributed by atoms with van der Waals surface area (Å²) in [5, 5.41) is 11.6. The van der Waals surface area contributed by atoms with Crippen molar-refractivity contribution in [3.8, 4) is 0 Å². The lowest BCUT2D eigenvalue weighted by Crippen LogP contribution is -2.52. The highest BCUT2D eigenvalue weighted by atomic mass is 16.3. The molecule has 0 aromatic heterocycles. The van der Waals surface area contributed by atoms with Crippen LogP contribution in [-0.4, -0.2) is 49.3 Å². The first-order chi connectivity index (χ1) is 16.8. The molecule has 6 rings (SSSR count). The molecule has 3 heteroatoms. The average Bonchev–Trinajstić information content (AvgIpc) is 3.47. The number of hydrogen-bond donors (Lipinski definition) is 1. The predicted octanol–water partition coefficient (Wildman–Crippen LogP) is 6.53. The molecule has 4 aliphatic carbocycles. The molecule has 0 radical (unpaired) electrons. The average molecular weight is 475 g/mol. The lowest BCUT2D eigenvalue weighted by atomic mass is 9.48. The van der Waals surface area contributed by atoms with Gasteiger partial charge in [-0.05, 0) is 117 Å². The molecule has 1 N–H and O–H groups in total. The molecule has 0 amide bonds. The van der Waals surface area contributed by atoms with Gasteiger partial charge in [-0.2, -0.15) is 0 Å². The Morgan fingerprint density at radius 3 is 2.43 bits per heavy atom. The Kier molecular flexibility index (Phi) is 5.96. The van der Waals surface area contributed by atoms with E-state index in [0.29, 0.717) is 11.3 Å². The number of anilines is 1. The summed E-state index contributed by atoms with van der Waals surface area (Å²) in [6.45, 7) is 7.67. The smallest absolute Gasteiger partial charge is 0.0809 e. The number of fused-ring (bicyclic) bond motifs is 5. The summed E-state index contributed by atoms with van der Waals surface area (Å²) in [5.74, 6) is 2.13. The Hall–Kier alpha value is -1.58. The molecule has 1 aromatic rings. The topological polar surface area (TPSA) is 26.7 Å². The summed E-state index contributed by atoms with van der Waals surface area (Å²) in [6.07, 6.45) is 16.3. The molecule has 4 fully saturated rings. The zero-order valence-electron chi connectivity index (χ0n) is 22.5. The van der Waals surface area contributed by atoms with Crippen molar-refractivity contribution in [2.75, 3.05) is 32.1 Å². The van der Waals surface area contributed by atoms with Crippen LogP contribution in [0.2, 0.25) is 0 Å². The highest BCUT2D eigenvalue weighted by molar-refractivity contribution is 5.59. The maximum Gasteiger partial charge on any atom is 0.0809 e. The molecule has 3 saturated carbocycles. The molecular formula is C32H46N2O. The molecule has 1 saturated heterocycles. The van der Waals surface area contributed by atoms with Gasteiger partial charge >= 0.3 is 0 Å². The van der Waals surface area contributed by atoms with Crippen molar-refractivity contribution in [3.63, 3.8) is 0 Å². The highest BCUT2D eigenvalue weighted by Gasteiger charge is 2.59. The fourth-order valence-electron chi connectivity index (χ4n) is 9.14. The maximum atomic E-state index is 11.6. The Bertz CT molecular complexity index is 1000. The molecule has 3 nitrogen and oxygen atoms in total. The minimum Gasteiger partial charge on any atom is -0.388 e. The molecule has 7 atom stereocenters. The third-order valence-electron chi connectivity index (χ3n) is 11.4. The van der Waals surface area contributed by atoms with Crippen molar-refractivity contribution < 1.29 is 5.11 Å². The van der Waals surface area contributed by atoms with Crippen LogP contribution in [0.25, 0.3) is 6.08 Å². The van der Waals surface area contributed by atoms with E-state index >= 15 is 0 Å². The maximum absolute atomic E-state index is 11.6. The van der Waals surface area contributed by atoms with Gasteiger partial charge in [0, 0.05) is 31.2 Å². The second-order valence-corrected chi connectivity index (χ2v) is 13.3. The van der Waals surface area contributed by atoms with Gasteiger partial charge in [-0.15, -0.1) is 0 Å². The fourth-order valence-corrected chi connectivity index (χ4v) is 9.14. The zero-order chi connectivity index (χ0) is 24.4. The van der Waals surface area contributed by atoms with Gasteiger partial charge in [-0.3, -0.25) is 0 Å². The number of rotatable bonds is 3. The van der Waals surface area contributed by atoms with Crippen LogP contribution in [0.15, 0.2) is 41.5 Å². The van der Waals surface area contributed by atoms with E-state index in [2.05, 4.69) is 74.2 Å². The van der Waals surface area contributed by atoms with E-state index in [1.165, 1.54) is 81.3 Å². The van der Waals surface area contributed by atoms with Crippen molar-refractivity contribution in [1.29, 1.82) is 0 Å². The first kappa shape index (κ1) is 23.8. The summed E-state index contributed by atoms with van der Waals surface area (Å²) in [5.41, 5.74) is 5.93. The second-order valence-electron chi connectivity index (χ2n) is 13.3. The Morgan fingerprint density at radius 2 is 1.71 bits per heavy atom. The number of benzene rings is 1. The molecule has 1 heterocycles. The van der Waals surface area contributed by atoms with E-state index in [0.717, 1.165) is 24.3 Å². The van der Waals surface area contributed by atoms with Gasteiger partial charge < -0.3 is 14.9 Å². The van der Waals surface area contributed by atoms with Gasteiger partial charge in [0.15, 0.2) is 0 Å². The molecular weight excluding hydrogens is 428 g/mol. The van der Waals surface area contributed by atoms with Crippen LogP contribution >= 0.6 is 0 Å². The van der Waals surface area contributed by atoms with Crippen LogP contribution in [-0.2, 0) is 0 Å². The zero-order valence-corrected chi connectivity index (χ0v) is 22.5. The number of allylic oxidation sites excluding steroid dienone is 1. The van der Waals surface area contributed by atoms with E-state index in [4.69, 9.17) is 0 Å². The van der Waals surface area contributed by atoms with Crippen LogP contribution in [0, 0.1) is 28.6 Å². The number of likely N-dealkylation sites (tertiary alicyclic amines) is 1. The third-order valence-corrected chi connectivity index (χ3v) is 11.4. The van der Waals surface area contributed by atoms with E-state index < -0.39 is 0 Å². The second kappa shape index (κ2) is 8.77. The molecule has 190 valence electrons. The third kappa shape index (κ3) is 3.84. The minimum atomic E-state index is -0.300. The molecule has 35 heavy (non-hydrogen) atoms. The van der Waals surface area contributed by atoms with Crippen molar-refractivity contribution in [3.05, 3.63) is 47.1 Å².